The number of nitrogens with zero attached hydrogens (tertiary/aromatic N) is 5. The number of carbonyl (C=O) groups excluding carboxylic acids is 8. The van der Waals surface area contributed by atoms with Crippen molar-refractivity contribution >= 4 is 47.3 Å². The minimum absolute atomic E-state index is 0.00835. The summed E-state index contributed by atoms with van der Waals surface area (Å²) in [6.07, 6.45) is 7.72. The van der Waals surface area contributed by atoms with Gasteiger partial charge < -0.3 is 35.2 Å². The summed E-state index contributed by atoms with van der Waals surface area (Å²) in [6, 6.07) is 7.33. The molecule has 0 aromatic heterocycles. The van der Waals surface area contributed by atoms with Crippen LogP contribution >= 0.6 is 0 Å². The van der Waals surface area contributed by atoms with E-state index in [1.54, 1.807) is 31.2 Å². The molecule has 3 N–H and O–H groups in total. The number of likely N-dealkylation sites (tertiary alicyclic amines) is 1. The van der Waals surface area contributed by atoms with Gasteiger partial charge in [-0.2, -0.15) is 0 Å². The first-order valence-electron chi connectivity index (χ1n) is 27.9. The van der Waals surface area contributed by atoms with Gasteiger partial charge in [0.15, 0.2) is 0 Å². The van der Waals surface area contributed by atoms with Crippen molar-refractivity contribution in [2.75, 3.05) is 74.2 Å². The fourth-order valence-electron chi connectivity index (χ4n) is 11.8. The maximum Gasteiger partial charge on any atom is 0.314 e. The molecule has 76 heavy (non-hydrogen) atoms. The number of nitrogens with one attached hydrogen (secondary N) is 3. The highest BCUT2D eigenvalue weighted by atomic mass is 16.7. The molecule has 424 valence electrons. The lowest BCUT2D eigenvalue weighted by molar-refractivity contribution is -0.203. The van der Waals surface area contributed by atoms with E-state index in [-0.39, 0.29) is 85.1 Å². The predicted octanol–water partition coefficient (Wildman–Crippen LogP) is 5.09. The Labute approximate surface area is 451 Å². The molecule has 10 atom stereocenters. The van der Waals surface area contributed by atoms with Gasteiger partial charge in [-0.25, -0.2) is 9.86 Å². The Bertz CT molecular complexity index is 2150. The van der Waals surface area contributed by atoms with Gasteiger partial charge in [0.1, 0.15) is 11.8 Å². The average Bonchev–Trinajstić information content (AvgIpc) is 3.78. The van der Waals surface area contributed by atoms with Crippen LogP contribution in [0.3, 0.4) is 0 Å². The van der Waals surface area contributed by atoms with E-state index in [0.717, 1.165) is 36.1 Å². The third kappa shape index (κ3) is 15.5. The molecule has 19 nitrogen and oxygen atoms in total. The molecule has 0 spiro atoms. The number of hydroxylamine groups is 2. The quantitative estimate of drug-likeness (QED) is 0.0679. The number of likely N-dealkylation sites (N-methyl/N-ethyl adjacent to an activating group) is 2. The van der Waals surface area contributed by atoms with Gasteiger partial charge in [0, 0.05) is 85.0 Å². The molecule has 8 amide bonds. The predicted molar refractivity (Wildman–Crippen MR) is 288 cm³/mol. The topological polar surface area (TPSA) is 217 Å². The van der Waals surface area contributed by atoms with Crippen molar-refractivity contribution in [2.45, 2.75) is 161 Å². The van der Waals surface area contributed by atoms with Crippen molar-refractivity contribution in [1.82, 2.24) is 40.6 Å². The molecule has 1 aliphatic carbocycles. The van der Waals surface area contributed by atoms with Crippen molar-refractivity contribution in [3.8, 4) is 0 Å². The fourth-order valence-corrected chi connectivity index (χ4v) is 11.8. The maximum absolute atomic E-state index is 14.7. The van der Waals surface area contributed by atoms with Crippen molar-refractivity contribution < 1.29 is 52.7 Å². The first kappa shape index (κ1) is 61.6. The number of rotatable bonds is 30. The van der Waals surface area contributed by atoms with Crippen LogP contribution in [0.4, 0.5) is 4.79 Å². The molecule has 3 fully saturated rings. The number of imide groups is 1. The summed E-state index contributed by atoms with van der Waals surface area (Å²) in [4.78, 5) is 120. The molecule has 3 aliphatic heterocycles. The van der Waals surface area contributed by atoms with Gasteiger partial charge >= 0.3 is 6.03 Å². The highest BCUT2D eigenvalue weighted by molar-refractivity contribution is 6.12. The van der Waals surface area contributed by atoms with Crippen LogP contribution in [0.2, 0.25) is 0 Å². The normalized spacial score (nSPS) is 22.3. The molecule has 5 rings (SSSR count). The Hall–Kier alpha value is -5.24. The molecule has 19 heteroatoms. The second kappa shape index (κ2) is 28.9. The lowest BCUT2D eigenvalue weighted by atomic mass is 9.87. The van der Waals surface area contributed by atoms with E-state index in [2.05, 4.69) is 28.1 Å². The summed E-state index contributed by atoms with van der Waals surface area (Å²) in [5.74, 6) is -2.45. The number of Topliss-reactive ketones (excluding diaryl/α,β-unsaturated/α-hetero) is 1. The molecule has 2 saturated heterocycles. The second-order valence-corrected chi connectivity index (χ2v) is 22.3. The van der Waals surface area contributed by atoms with Gasteiger partial charge in [0.05, 0.1) is 48.8 Å². The van der Waals surface area contributed by atoms with E-state index < -0.39 is 59.5 Å². The molecule has 10 unspecified atom stereocenters. The summed E-state index contributed by atoms with van der Waals surface area (Å²) >= 11 is 0. The summed E-state index contributed by atoms with van der Waals surface area (Å²) in [5.41, 5.74) is 0.522. The molecule has 1 aromatic rings. The zero-order valence-corrected chi connectivity index (χ0v) is 47.3. The third-order valence-corrected chi connectivity index (χ3v) is 16.4. The van der Waals surface area contributed by atoms with E-state index in [4.69, 9.17) is 14.3 Å². The third-order valence-electron chi connectivity index (χ3n) is 16.4. The summed E-state index contributed by atoms with van der Waals surface area (Å²) in [7, 11) is 6.70. The van der Waals surface area contributed by atoms with Crippen LogP contribution in [0, 0.1) is 29.1 Å². The standard InChI is InChI=1S/C57H90N8O11/c1-12-39(6)51(62(9)54(71)49(37(2)3)60-53(70)50(38(4)5)61(8)30-20-28-58-56(73)59-29-33-64-46(67)25-26-47(64)68)45(74-10)35-48(69)63-31-19-23-43(63)52(75-11)40(7)44(66)24-18-27-57(55(72)65-32-16-17-34-76-65)36-42(57)41-21-14-13-15-22-41/h13-15,21-22,25-26,37-40,42-43,45,49-52H,12,16-20,23-24,27-36H2,1-11H3,(H,60,70)(H2,58,59,73). The van der Waals surface area contributed by atoms with Crippen molar-refractivity contribution in [2.24, 2.45) is 29.1 Å². The second-order valence-electron chi connectivity index (χ2n) is 22.3. The van der Waals surface area contributed by atoms with Crippen LogP contribution in [0.1, 0.15) is 131 Å². The number of urea groups is 1. The van der Waals surface area contributed by atoms with Gasteiger partial charge in [-0.1, -0.05) is 85.2 Å². The smallest absolute Gasteiger partial charge is 0.314 e. The Morgan fingerprint density at radius 3 is 2.14 bits per heavy atom. The highest BCUT2D eigenvalue weighted by Gasteiger charge is 2.61. The largest absolute Gasteiger partial charge is 0.379 e. The first-order valence-corrected chi connectivity index (χ1v) is 27.9. The fraction of sp³-hybridized carbons (Fsp3) is 0.719. The Morgan fingerprint density at radius 1 is 0.855 bits per heavy atom. The molecule has 0 bridgehead atoms. The summed E-state index contributed by atoms with van der Waals surface area (Å²) in [5, 5.41) is 10.1. The number of benzene rings is 1. The van der Waals surface area contributed by atoms with Gasteiger partial charge in [0.2, 0.25) is 17.7 Å². The SMILES string of the molecule is CCC(C)C(C(CC(=O)N1CCCC1C(OC)C(C)C(=O)CCCC1(C(=O)N2CCCCO2)CC1c1ccccc1)OC)N(C)C(=O)C(NC(=O)C(C(C)C)N(C)CCCNC(=O)NCCN1C(=O)C=CC1=O)C(C)C. The number of hydrogen-bond donors (Lipinski definition) is 3. The molecule has 0 radical (unpaired) electrons. The number of ketones is 1. The summed E-state index contributed by atoms with van der Waals surface area (Å²) in [6.45, 7) is 16.1. The number of carbonyl (C=O) groups is 8. The molecule has 1 saturated carbocycles. The molecule has 3 heterocycles. The van der Waals surface area contributed by atoms with Gasteiger partial charge in [-0.3, -0.25) is 48.2 Å². The first-order chi connectivity index (χ1) is 36.2. The minimum atomic E-state index is -0.882. The lowest BCUT2D eigenvalue weighted by Crippen LogP contribution is -2.60. The van der Waals surface area contributed by atoms with Crippen LogP contribution in [0.15, 0.2) is 42.5 Å². The number of hydrogen-bond acceptors (Lipinski definition) is 12. The number of ether oxygens (including phenoxy) is 2. The zero-order valence-electron chi connectivity index (χ0n) is 47.3. The zero-order chi connectivity index (χ0) is 55.9. The van der Waals surface area contributed by atoms with Gasteiger partial charge in [0.25, 0.3) is 17.7 Å². The maximum atomic E-state index is 14.7. The number of methoxy groups -OCH3 is 2. The van der Waals surface area contributed by atoms with E-state index in [0.29, 0.717) is 64.9 Å². The highest BCUT2D eigenvalue weighted by Crippen LogP contribution is 2.63. The summed E-state index contributed by atoms with van der Waals surface area (Å²) < 4.78 is 12.2. The van der Waals surface area contributed by atoms with Crippen molar-refractivity contribution in [3.63, 3.8) is 0 Å². The van der Waals surface area contributed by atoms with Gasteiger partial charge in [-0.15, -0.1) is 0 Å². The van der Waals surface area contributed by atoms with E-state index in [1.807, 2.05) is 83.5 Å². The lowest BCUT2D eigenvalue weighted by Gasteiger charge is -2.41. The van der Waals surface area contributed by atoms with Crippen LogP contribution in [-0.4, -0.2) is 182 Å². The van der Waals surface area contributed by atoms with E-state index in [1.165, 1.54) is 12.2 Å². The molecule has 4 aliphatic rings. The van der Waals surface area contributed by atoms with E-state index in [9.17, 15) is 38.4 Å². The Balaban J connectivity index is 1.17. The number of amides is 8. The van der Waals surface area contributed by atoms with Crippen LogP contribution in [0.5, 0.6) is 0 Å². The molecular formula is C57H90N8O11. The molecular weight excluding hydrogens is 973 g/mol. The van der Waals surface area contributed by atoms with Crippen molar-refractivity contribution in [1.29, 1.82) is 0 Å². The van der Waals surface area contributed by atoms with Gasteiger partial charge in [-0.05, 0) is 87.6 Å². The average molecular weight is 1060 g/mol. The molecule has 1 aromatic carbocycles. The Kier molecular flexibility index (Phi) is 23.5. The monoisotopic (exact) mass is 1060 g/mol. The van der Waals surface area contributed by atoms with Crippen LogP contribution < -0.4 is 16.0 Å². The van der Waals surface area contributed by atoms with Crippen molar-refractivity contribution in [3.05, 3.63) is 48.0 Å². The van der Waals surface area contributed by atoms with Crippen LogP contribution in [-0.2, 0) is 47.9 Å². The minimum Gasteiger partial charge on any atom is -0.379 e. The van der Waals surface area contributed by atoms with Crippen LogP contribution in [0.25, 0.3) is 0 Å². The van der Waals surface area contributed by atoms with E-state index >= 15 is 0 Å². The Morgan fingerprint density at radius 2 is 1.54 bits per heavy atom.